The summed E-state index contributed by atoms with van der Waals surface area (Å²) in [4.78, 5) is 2.14. The number of hydrogen-bond acceptors (Lipinski definition) is 5. The Morgan fingerprint density at radius 2 is 2.21 bits per heavy atom. The van der Waals surface area contributed by atoms with Crippen LogP contribution < -0.4 is 4.90 Å². The number of anilines is 1. The molecule has 1 aromatic carbocycles. The molecule has 5 heteroatoms. The molecule has 0 bridgehead atoms. The maximum absolute atomic E-state index is 9.30. The van der Waals surface area contributed by atoms with Gasteiger partial charge in [-0.2, -0.15) is 5.10 Å². The molecule has 0 spiro atoms. The molecule has 100 valence electrons. The Kier molecular flexibility index (Phi) is 3.31. The highest BCUT2D eigenvalue weighted by Crippen LogP contribution is 2.25. The molecule has 1 N–H and O–H groups in total. The summed E-state index contributed by atoms with van der Waals surface area (Å²) in [7, 11) is 0. The molecule has 2 aromatic rings. The maximum Gasteiger partial charge on any atom is 0.159 e. The molecule has 1 saturated heterocycles. The van der Waals surface area contributed by atoms with Crippen LogP contribution >= 0.6 is 0 Å². The monoisotopic (exact) mass is 259 g/mol. The normalized spacial score (nSPS) is 23.8. The summed E-state index contributed by atoms with van der Waals surface area (Å²) >= 11 is 0. The number of ether oxygens (including phenoxy) is 1. The van der Waals surface area contributed by atoms with Gasteiger partial charge >= 0.3 is 0 Å². The van der Waals surface area contributed by atoms with Crippen LogP contribution in [0.15, 0.2) is 30.5 Å². The van der Waals surface area contributed by atoms with E-state index in [9.17, 15) is 5.11 Å². The molecule has 0 aliphatic carbocycles. The van der Waals surface area contributed by atoms with Gasteiger partial charge < -0.3 is 14.7 Å². The van der Waals surface area contributed by atoms with E-state index in [0.29, 0.717) is 6.54 Å². The average Bonchev–Trinajstić information content (AvgIpc) is 2.46. The molecule has 19 heavy (non-hydrogen) atoms. The Balaban J connectivity index is 1.99. The Hall–Kier alpha value is -1.72. The van der Waals surface area contributed by atoms with Crippen molar-refractivity contribution < 1.29 is 9.84 Å². The van der Waals surface area contributed by atoms with E-state index in [4.69, 9.17) is 4.74 Å². The van der Waals surface area contributed by atoms with Crippen molar-refractivity contribution in [2.45, 2.75) is 19.1 Å². The maximum atomic E-state index is 9.30. The van der Waals surface area contributed by atoms with Gasteiger partial charge in [0, 0.05) is 23.9 Å². The first-order valence-corrected chi connectivity index (χ1v) is 6.49. The van der Waals surface area contributed by atoms with E-state index in [1.165, 1.54) is 0 Å². The minimum atomic E-state index is -0.162. The number of aromatic nitrogens is 2. The molecule has 1 aliphatic rings. The number of aliphatic hydroxyl groups is 1. The van der Waals surface area contributed by atoms with Crippen LogP contribution in [-0.4, -0.2) is 47.2 Å². The van der Waals surface area contributed by atoms with Gasteiger partial charge in [0.15, 0.2) is 5.82 Å². The second-order valence-electron chi connectivity index (χ2n) is 4.91. The number of hydrogen-bond donors (Lipinski definition) is 1. The summed E-state index contributed by atoms with van der Waals surface area (Å²) in [6.07, 6.45) is 1.68. The number of fused-ring (bicyclic) bond motifs is 1. The number of aliphatic hydroxyl groups excluding tert-OH is 1. The number of morpholine rings is 1. The fraction of sp³-hybridized carbons (Fsp3) is 0.429. The van der Waals surface area contributed by atoms with Crippen molar-refractivity contribution >= 4 is 16.6 Å². The number of nitrogens with zero attached hydrogens (tertiary/aromatic N) is 3. The van der Waals surface area contributed by atoms with E-state index < -0.39 is 0 Å². The second-order valence-corrected chi connectivity index (χ2v) is 4.91. The lowest BCUT2D eigenvalue weighted by atomic mass is 10.1. The third kappa shape index (κ3) is 2.39. The van der Waals surface area contributed by atoms with Crippen molar-refractivity contribution in [3.05, 3.63) is 30.5 Å². The highest BCUT2D eigenvalue weighted by Gasteiger charge is 2.26. The van der Waals surface area contributed by atoms with Crippen LogP contribution in [0.3, 0.4) is 0 Å². The van der Waals surface area contributed by atoms with Gasteiger partial charge in [0.1, 0.15) is 0 Å². The quantitative estimate of drug-likeness (QED) is 0.878. The van der Waals surface area contributed by atoms with E-state index in [2.05, 4.69) is 15.1 Å². The van der Waals surface area contributed by atoms with Gasteiger partial charge in [-0.3, -0.25) is 0 Å². The largest absolute Gasteiger partial charge is 0.394 e. The van der Waals surface area contributed by atoms with Gasteiger partial charge in [-0.15, -0.1) is 5.10 Å². The zero-order valence-electron chi connectivity index (χ0n) is 10.9. The van der Waals surface area contributed by atoms with Crippen molar-refractivity contribution in [1.29, 1.82) is 0 Å². The molecular weight excluding hydrogens is 242 g/mol. The summed E-state index contributed by atoms with van der Waals surface area (Å²) in [5, 5.41) is 19.8. The minimum absolute atomic E-state index is 0.0268. The van der Waals surface area contributed by atoms with Gasteiger partial charge in [0.25, 0.3) is 0 Å². The molecule has 2 atom stereocenters. The zero-order chi connectivity index (χ0) is 13.2. The molecule has 1 aromatic heterocycles. The minimum Gasteiger partial charge on any atom is -0.394 e. The lowest BCUT2D eigenvalue weighted by Gasteiger charge is -2.36. The predicted octanol–water partition coefficient (Wildman–Crippen LogP) is 1.22. The smallest absolute Gasteiger partial charge is 0.159 e. The van der Waals surface area contributed by atoms with Crippen molar-refractivity contribution in [2.75, 3.05) is 24.6 Å². The molecule has 0 amide bonds. The van der Waals surface area contributed by atoms with E-state index in [1.54, 1.807) is 6.20 Å². The Labute approximate surface area is 111 Å². The van der Waals surface area contributed by atoms with Gasteiger partial charge in [-0.05, 0) is 6.92 Å². The summed E-state index contributed by atoms with van der Waals surface area (Å²) in [6.45, 7) is 3.44. The highest BCUT2D eigenvalue weighted by atomic mass is 16.5. The van der Waals surface area contributed by atoms with Crippen molar-refractivity contribution in [1.82, 2.24) is 10.2 Å². The summed E-state index contributed by atoms with van der Waals surface area (Å²) in [6, 6.07) is 8.07. The van der Waals surface area contributed by atoms with Gasteiger partial charge in [0.05, 0.1) is 25.0 Å². The molecule has 0 saturated carbocycles. The molecule has 1 aliphatic heterocycles. The van der Waals surface area contributed by atoms with Crippen LogP contribution in [0.25, 0.3) is 10.8 Å². The molecule has 1 fully saturated rings. The number of rotatable bonds is 2. The third-order valence-electron chi connectivity index (χ3n) is 3.38. The lowest BCUT2D eigenvalue weighted by Crippen LogP contribution is -2.48. The average molecular weight is 259 g/mol. The van der Waals surface area contributed by atoms with E-state index in [0.717, 1.165) is 23.1 Å². The van der Waals surface area contributed by atoms with Crippen molar-refractivity contribution in [2.24, 2.45) is 0 Å². The number of benzene rings is 1. The zero-order valence-corrected chi connectivity index (χ0v) is 10.9. The first-order chi connectivity index (χ1) is 9.28. The van der Waals surface area contributed by atoms with Crippen molar-refractivity contribution in [3.63, 3.8) is 0 Å². The first-order valence-electron chi connectivity index (χ1n) is 6.49. The fourth-order valence-corrected chi connectivity index (χ4v) is 2.57. The van der Waals surface area contributed by atoms with Gasteiger partial charge in [-0.1, -0.05) is 24.3 Å². The molecular formula is C14H17N3O2. The summed E-state index contributed by atoms with van der Waals surface area (Å²) in [5.41, 5.74) is 0. The van der Waals surface area contributed by atoms with Gasteiger partial charge in [-0.25, -0.2) is 0 Å². The Bertz CT molecular complexity index is 570. The fourth-order valence-electron chi connectivity index (χ4n) is 2.57. The lowest BCUT2D eigenvalue weighted by molar-refractivity contribution is -0.0422. The highest BCUT2D eigenvalue weighted by molar-refractivity contribution is 5.91. The predicted molar refractivity (Wildman–Crippen MR) is 73.2 cm³/mol. The van der Waals surface area contributed by atoms with Crippen molar-refractivity contribution in [3.8, 4) is 0 Å². The van der Waals surface area contributed by atoms with Crippen LogP contribution in [0.5, 0.6) is 0 Å². The van der Waals surface area contributed by atoms with Crippen LogP contribution in [-0.2, 0) is 4.74 Å². The van der Waals surface area contributed by atoms with E-state index in [-0.39, 0.29) is 18.8 Å². The summed E-state index contributed by atoms with van der Waals surface area (Å²) in [5.74, 6) is 0.867. The van der Waals surface area contributed by atoms with Crippen LogP contribution in [0.1, 0.15) is 6.92 Å². The second kappa shape index (κ2) is 5.11. The Morgan fingerprint density at radius 1 is 1.37 bits per heavy atom. The van der Waals surface area contributed by atoms with Crippen LogP contribution in [0.4, 0.5) is 5.82 Å². The summed E-state index contributed by atoms with van der Waals surface area (Å²) < 4.78 is 5.66. The standard InChI is InChI=1S/C14H17N3O2/c1-10-7-17(8-12(9-18)19-10)14-13-5-3-2-4-11(13)6-15-16-14/h2-6,10,12,18H,7-9H2,1H3. The van der Waals surface area contributed by atoms with Crippen LogP contribution in [0, 0.1) is 0 Å². The van der Waals surface area contributed by atoms with Crippen LogP contribution in [0.2, 0.25) is 0 Å². The Morgan fingerprint density at radius 3 is 3.05 bits per heavy atom. The van der Waals surface area contributed by atoms with E-state index in [1.807, 2.05) is 31.2 Å². The third-order valence-corrected chi connectivity index (χ3v) is 3.38. The SMILES string of the molecule is CC1CN(c2nncc3ccccc23)CC(CO)O1. The first kappa shape index (κ1) is 12.3. The molecule has 2 heterocycles. The molecule has 0 radical (unpaired) electrons. The topological polar surface area (TPSA) is 58.5 Å². The van der Waals surface area contributed by atoms with Gasteiger partial charge in [0.2, 0.25) is 0 Å². The molecule has 5 nitrogen and oxygen atoms in total. The molecule has 3 rings (SSSR count). The molecule has 2 unspecified atom stereocenters. The van der Waals surface area contributed by atoms with E-state index >= 15 is 0 Å².